The van der Waals surface area contributed by atoms with E-state index >= 15 is 0 Å². The normalized spacial score (nSPS) is 22.1. The van der Waals surface area contributed by atoms with E-state index in [-0.39, 0.29) is 11.5 Å². The van der Waals surface area contributed by atoms with Gasteiger partial charge in [0, 0.05) is 0 Å². The Kier molecular flexibility index (Phi) is 16.5. The monoisotopic (exact) mass is 496 g/mol. The predicted octanol–water partition coefficient (Wildman–Crippen LogP) is 4.54. The molecule has 2 rings (SSSR count). The average molecular weight is 497 g/mol. The van der Waals surface area contributed by atoms with Crippen molar-refractivity contribution in [1.82, 2.24) is 0 Å². The Morgan fingerprint density at radius 2 is 1.43 bits per heavy atom. The van der Waals surface area contributed by atoms with Crippen molar-refractivity contribution in [2.75, 3.05) is 79.3 Å². The molecular weight excluding hydrogens is 448 g/mol. The summed E-state index contributed by atoms with van der Waals surface area (Å²) in [6.45, 7) is 13.7. The Labute approximate surface area is 212 Å². The van der Waals surface area contributed by atoms with Crippen molar-refractivity contribution in [2.45, 2.75) is 64.6 Å². The van der Waals surface area contributed by atoms with Crippen LogP contribution in [0.2, 0.25) is 0 Å². The van der Waals surface area contributed by atoms with Crippen LogP contribution in [0.4, 0.5) is 0 Å². The molecule has 0 N–H and O–H groups in total. The molecule has 0 amide bonds. The molecule has 0 aromatic heterocycles. The van der Waals surface area contributed by atoms with Gasteiger partial charge in [0.05, 0.1) is 85.9 Å². The van der Waals surface area contributed by atoms with Gasteiger partial charge in [-0.2, -0.15) is 0 Å². The van der Waals surface area contributed by atoms with E-state index in [1.165, 1.54) is 30.4 Å². The quantitative estimate of drug-likeness (QED) is 0.497. The summed E-state index contributed by atoms with van der Waals surface area (Å²) in [5.74, 6) is 0. The van der Waals surface area contributed by atoms with Gasteiger partial charge in [-0.15, -0.1) is 0 Å². The van der Waals surface area contributed by atoms with Crippen molar-refractivity contribution in [3.8, 4) is 0 Å². The molecule has 1 aromatic rings. The van der Waals surface area contributed by atoms with Crippen molar-refractivity contribution in [3.05, 3.63) is 35.4 Å². The first-order valence-corrected chi connectivity index (χ1v) is 13.4. The molecule has 0 aliphatic carbocycles. The van der Waals surface area contributed by atoms with E-state index in [0.29, 0.717) is 85.9 Å². The van der Waals surface area contributed by atoms with E-state index < -0.39 is 0 Å². The zero-order chi connectivity index (χ0) is 25.0. The molecule has 1 aliphatic heterocycles. The standard InChI is InChI=1S/C28H48O7/c1-4-6-10-28(3,5-2)26-9-7-8-25(21-26)22-34-24-27-23-33-18-17-31-14-13-29-11-12-30-15-16-32-19-20-35-27/h7-9,21,27H,4-6,10-20,22-24H2,1-3H3. The Morgan fingerprint density at radius 3 is 2.03 bits per heavy atom. The number of benzene rings is 1. The minimum atomic E-state index is -0.161. The summed E-state index contributed by atoms with van der Waals surface area (Å²) in [7, 11) is 0. The lowest BCUT2D eigenvalue weighted by Gasteiger charge is -2.29. The van der Waals surface area contributed by atoms with E-state index in [1.807, 2.05) is 0 Å². The zero-order valence-electron chi connectivity index (χ0n) is 22.3. The van der Waals surface area contributed by atoms with Gasteiger partial charge in [-0.3, -0.25) is 0 Å². The van der Waals surface area contributed by atoms with Gasteiger partial charge >= 0.3 is 0 Å². The summed E-state index contributed by atoms with van der Waals surface area (Å²) in [5.41, 5.74) is 2.80. The maximum atomic E-state index is 6.06. The van der Waals surface area contributed by atoms with Gasteiger partial charge in [0.15, 0.2) is 0 Å². The van der Waals surface area contributed by atoms with Gasteiger partial charge in [-0.05, 0) is 29.4 Å². The summed E-state index contributed by atoms with van der Waals surface area (Å²) < 4.78 is 39.9. The molecule has 1 fully saturated rings. The van der Waals surface area contributed by atoms with E-state index in [0.717, 1.165) is 6.42 Å². The molecule has 2 unspecified atom stereocenters. The summed E-state index contributed by atoms with van der Waals surface area (Å²) in [5, 5.41) is 0. The molecule has 202 valence electrons. The summed E-state index contributed by atoms with van der Waals surface area (Å²) in [4.78, 5) is 0. The van der Waals surface area contributed by atoms with Crippen LogP contribution in [0.1, 0.15) is 57.6 Å². The molecule has 1 aromatic carbocycles. The third kappa shape index (κ3) is 13.2. The molecular formula is C28H48O7. The van der Waals surface area contributed by atoms with Crippen molar-refractivity contribution < 1.29 is 33.2 Å². The second kappa shape index (κ2) is 19.1. The number of rotatable bonds is 9. The molecule has 1 saturated heterocycles. The fourth-order valence-electron chi connectivity index (χ4n) is 3.95. The van der Waals surface area contributed by atoms with Crippen LogP contribution in [0.3, 0.4) is 0 Å². The third-order valence-electron chi connectivity index (χ3n) is 6.43. The SMILES string of the molecule is CCCCC(C)(CC)c1cccc(COCC2COCCOCCOCCOCCOCCO2)c1. The molecule has 7 nitrogen and oxygen atoms in total. The first kappa shape index (κ1) is 30.2. The molecule has 2 atom stereocenters. The fraction of sp³-hybridized carbons (Fsp3) is 0.786. The van der Waals surface area contributed by atoms with Crippen LogP contribution in [0.25, 0.3) is 0 Å². The maximum absolute atomic E-state index is 6.06. The number of unbranched alkanes of at least 4 members (excludes halogenated alkanes) is 1. The Balaban J connectivity index is 1.81. The topological polar surface area (TPSA) is 64.6 Å². The predicted molar refractivity (Wildman–Crippen MR) is 137 cm³/mol. The first-order chi connectivity index (χ1) is 17.2. The highest BCUT2D eigenvalue weighted by Crippen LogP contribution is 2.33. The summed E-state index contributed by atoms with van der Waals surface area (Å²) in [6, 6.07) is 8.84. The number of hydrogen-bond donors (Lipinski definition) is 0. The van der Waals surface area contributed by atoms with Crippen molar-refractivity contribution in [2.24, 2.45) is 0 Å². The van der Waals surface area contributed by atoms with Crippen LogP contribution >= 0.6 is 0 Å². The van der Waals surface area contributed by atoms with Gasteiger partial charge in [-0.25, -0.2) is 0 Å². The maximum Gasteiger partial charge on any atom is 0.104 e. The van der Waals surface area contributed by atoms with Crippen molar-refractivity contribution in [1.29, 1.82) is 0 Å². The highest BCUT2D eigenvalue weighted by atomic mass is 16.6. The first-order valence-electron chi connectivity index (χ1n) is 13.4. The van der Waals surface area contributed by atoms with Gasteiger partial charge in [0.25, 0.3) is 0 Å². The third-order valence-corrected chi connectivity index (χ3v) is 6.43. The second-order valence-electron chi connectivity index (χ2n) is 9.25. The highest BCUT2D eigenvalue weighted by Gasteiger charge is 2.24. The van der Waals surface area contributed by atoms with Gasteiger partial charge in [0.1, 0.15) is 6.10 Å². The Bertz CT molecular complexity index is 623. The fourth-order valence-corrected chi connectivity index (χ4v) is 3.95. The Hall–Kier alpha value is -1.06. The van der Waals surface area contributed by atoms with Crippen LogP contribution in [0, 0.1) is 0 Å². The molecule has 1 heterocycles. The average Bonchev–Trinajstić information content (AvgIpc) is 2.88. The van der Waals surface area contributed by atoms with Crippen LogP contribution in [0.5, 0.6) is 0 Å². The van der Waals surface area contributed by atoms with Gasteiger partial charge in [0.2, 0.25) is 0 Å². The van der Waals surface area contributed by atoms with Crippen LogP contribution in [-0.4, -0.2) is 85.4 Å². The van der Waals surface area contributed by atoms with E-state index in [4.69, 9.17) is 33.2 Å². The van der Waals surface area contributed by atoms with E-state index in [2.05, 4.69) is 45.0 Å². The lowest BCUT2D eigenvalue weighted by molar-refractivity contribution is -0.0865. The largest absolute Gasteiger partial charge is 0.377 e. The number of ether oxygens (including phenoxy) is 7. The molecule has 1 aliphatic rings. The molecule has 0 saturated carbocycles. The van der Waals surface area contributed by atoms with Gasteiger partial charge in [-0.1, -0.05) is 57.9 Å². The van der Waals surface area contributed by atoms with Crippen LogP contribution in [-0.2, 0) is 45.2 Å². The van der Waals surface area contributed by atoms with E-state index in [1.54, 1.807) is 0 Å². The van der Waals surface area contributed by atoms with E-state index in [9.17, 15) is 0 Å². The van der Waals surface area contributed by atoms with Crippen LogP contribution < -0.4 is 0 Å². The van der Waals surface area contributed by atoms with Crippen LogP contribution in [0.15, 0.2) is 24.3 Å². The Morgan fingerprint density at radius 1 is 0.829 bits per heavy atom. The lowest BCUT2D eigenvalue weighted by atomic mass is 9.76. The van der Waals surface area contributed by atoms with Gasteiger partial charge < -0.3 is 33.2 Å². The number of hydrogen-bond acceptors (Lipinski definition) is 7. The minimum absolute atomic E-state index is 0.161. The van der Waals surface area contributed by atoms with Crippen molar-refractivity contribution >= 4 is 0 Å². The zero-order valence-corrected chi connectivity index (χ0v) is 22.3. The highest BCUT2D eigenvalue weighted by molar-refractivity contribution is 5.29. The second-order valence-corrected chi connectivity index (χ2v) is 9.25. The summed E-state index contributed by atoms with van der Waals surface area (Å²) >= 11 is 0. The minimum Gasteiger partial charge on any atom is -0.377 e. The lowest BCUT2D eigenvalue weighted by Crippen LogP contribution is -2.28. The molecule has 0 radical (unpaired) electrons. The smallest absolute Gasteiger partial charge is 0.104 e. The molecule has 35 heavy (non-hydrogen) atoms. The van der Waals surface area contributed by atoms with Crippen molar-refractivity contribution in [3.63, 3.8) is 0 Å². The molecule has 0 bridgehead atoms. The summed E-state index contributed by atoms with van der Waals surface area (Å²) in [6.07, 6.45) is 4.66. The molecule has 0 spiro atoms. The molecule has 7 heteroatoms.